The molecule has 0 aliphatic rings. The van der Waals surface area contributed by atoms with Gasteiger partial charge in [0.05, 0.1) is 0 Å². The van der Waals surface area contributed by atoms with Crippen molar-refractivity contribution in [2.75, 3.05) is 13.2 Å². The zero-order valence-electron chi connectivity index (χ0n) is 8.31. The van der Waals surface area contributed by atoms with E-state index >= 15 is 0 Å². The van der Waals surface area contributed by atoms with Crippen molar-refractivity contribution in [3.63, 3.8) is 0 Å². The van der Waals surface area contributed by atoms with Crippen LogP contribution >= 0.6 is 0 Å². The van der Waals surface area contributed by atoms with E-state index in [2.05, 4.69) is 14.5 Å². The van der Waals surface area contributed by atoms with E-state index in [1.807, 2.05) is 0 Å². The molecule has 1 N–H and O–H groups in total. The Morgan fingerprint density at radius 2 is 1.33 bits per heavy atom. The van der Waals surface area contributed by atoms with E-state index in [1.165, 1.54) is 5.34 Å². The van der Waals surface area contributed by atoms with Gasteiger partial charge in [-0.3, -0.25) is 0 Å². The summed E-state index contributed by atoms with van der Waals surface area (Å²) in [7, 11) is 0. The van der Waals surface area contributed by atoms with Crippen molar-refractivity contribution < 1.29 is 35.0 Å². The molecule has 0 saturated carbocycles. The van der Waals surface area contributed by atoms with Crippen LogP contribution in [0.3, 0.4) is 0 Å². The van der Waals surface area contributed by atoms with Crippen LogP contribution in [-0.4, -0.2) is 39.8 Å². The third kappa shape index (κ3) is 15.5. The minimum atomic E-state index is -1.55. The Hall–Kier alpha value is -3.00. The molecule has 0 aromatic rings. The number of hydrogen-bond donors (Lipinski definition) is 1. The van der Waals surface area contributed by atoms with Gasteiger partial charge in [-0.15, -0.1) is 35.3 Å². The van der Waals surface area contributed by atoms with Gasteiger partial charge in [0.15, 0.2) is 11.4 Å². The first-order valence-electron chi connectivity index (χ1n) is 3.66. The molecule has 0 aromatic carbocycles. The fourth-order valence-electron chi connectivity index (χ4n) is 0.519. The van der Waals surface area contributed by atoms with E-state index in [0.29, 0.717) is 0 Å². The average Bonchev–Trinajstić information content (AvgIpc) is 2.22. The van der Waals surface area contributed by atoms with Gasteiger partial charge in [-0.2, -0.15) is 0 Å². The summed E-state index contributed by atoms with van der Waals surface area (Å²) in [6.07, 6.45) is -1.55. The van der Waals surface area contributed by atoms with E-state index in [1.54, 1.807) is 0 Å². The third-order valence-corrected chi connectivity index (χ3v) is 0.967. The third-order valence-electron chi connectivity index (χ3n) is 0.967. The topological polar surface area (TPSA) is 207 Å². The Bertz CT molecular complexity index is 274. The lowest BCUT2D eigenvalue weighted by atomic mass is 10.4. The summed E-state index contributed by atoms with van der Waals surface area (Å²) in [4.78, 5) is 48.6. The quantitative estimate of drug-likeness (QED) is 0.326. The van der Waals surface area contributed by atoms with Crippen molar-refractivity contribution in [3.8, 4) is 0 Å². The van der Waals surface area contributed by atoms with Gasteiger partial charge in [0, 0.05) is 0 Å². The van der Waals surface area contributed by atoms with Crippen LogP contribution in [0.1, 0.15) is 0 Å². The Morgan fingerprint density at radius 3 is 1.56 bits per heavy atom. The van der Waals surface area contributed by atoms with Crippen molar-refractivity contribution >= 4 is 0 Å². The molecule has 15 nitrogen and oxygen atoms in total. The maximum absolute atomic E-state index is 9.83. The normalized spacial score (nSPS) is 8.50. The van der Waals surface area contributed by atoms with E-state index in [9.17, 15) is 30.3 Å². The number of hydrogen-bond acceptors (Lipinski definition) is 11. The van der Waals surface area contributed by atoms with Gasteiger partial charge in [-0.1, -0.05) is 0 Å². The molecule has 0 radical (unpaired) electrons. The van der Waals surface area contributed by atoms with Crippen LogP contribution in [-0.2, 0) is 14.5 Å². The van der Waals surface area contributed by atoms with Crippen molar-refractivity contribution in [3.05, 3.63) is 35.3 Å². The highest BCUT2D eigenvalue weighted by Gasteiger charge is 2.17. The van der Waals surface area contributed by atoms with Gasteiger partial charge in [0.25, 0.3) is 15.3 Å². The lowest BCUT2D eigenvalue weighted by molar-refractivity contribution is -0.803. The molecule has 15 heteroatoms. The van der Waals surface area contributed by atoms with Crippen molar-refractivity contribution in [1.82, 2.24) is 0 Å². The van der Waals surface area contributed by atoms with Crippen molar-refractivity contribution in [2.45, 2.75) is 6.10 Å². The van der Waals surface area contributed by atoms with E-state index in [0.717, 1.165) is 0 Å². The summed E-state index contributed by atoms with van der Waals surface area (Å²) < 4.78 is 0. The summed E-state index contributed by atoms with van der Waals surface area (Å²) in [5.41, 5.74) is 0. The summed E-state index contributed by atoms with van der Waals surface area (Å²) in [6, 6.07) is 0. The predicted molar refractivity (Wildman–Crippen MR) is 45.3 cm³/mol. The van der Waals surface area contributed by atoms with Gasteiger partial charge in [-0.25, -0.2) is 0 Å². The van der Waals surface area contributed by atoms with Crippen molar-refractivity contribution in [2.24, 2.45) is 5.34 Å². The second kappa shape index (κ2) is 10.5. The molecule has 0 aromatic heterocycles. The summed E-state index contributed by atoms with van der Waals surface area (Å²) in [5.74, 6) is 0. The summed E-state index contributed by atoms with van der Waals surface area (Å²) in [6.45, 7) is -1.69. The van der Waals surface area contributed by atoms with Crippen LogP contribution in [0.2, 0.25) is 0 Å². The molecule has 0 aliphatic heterocycles. The van der Waals surface area contributed by atoms with Gasteiger partial charge < -0.3 is 19.7 Å². The SMILES string of the molecule is O=NO.O=[N+]([O-])OCC(CO[N+](=O)[O-])O[N+](=O)[O-]. The number of nitrogens with zero attached hydrogens (tertiary/aromatic N) is 4. The van der Waals surface area contributed by atoms with Gasteiger partial charge in [-0.05, 0) is 0 Å². The first-order valence-corrected chi connectivity index (χ1v) is 3.66. The molecule has 0 heterocycles. The fourth-order valence-corrected chi connectivity index (χ4v) is 0.519. The van der Waals surface area contributed by atoms with Gasteiger partial charge in [0.2, 0.25) is 0 Å². The average molecular weight is 274 g/mol. The Kier molecular flexibility index (Phi) is 10.2. The first-order chi connectivity index (χ1) is 8.33. The molecule has 0 rings (SSSR count). The standard InChI is InChI=1S/C3H5N3O9.HNO2/c7-4(8)13-1-3(15-6(11)12)2-14-5(9)10;2-1-3/h3H,1-2H2;(H,2,3). The molecule has 18 heavy (non-hydrogen) atoms. The lowest BCUT2D eigenvalue weighted by Crippen LogP contribution is -2.30. The predicted octanol–water partition coefficient (Wildman–Crippen LogP) is -0.878. The maximum Gasteiger partial charge on any atom is 0.294 e. The lowest BCUT2D eigenvalue weighted by Gasteiger charge is -2.11. The first kappa shape index (κ1) is 17.4. The van der Waals surface area contributed by atoms with E-state index in [4.69, 9.17) is 10.1 Å². The van der Waals surface area contributed by atoms with E-state index < -0.39 is 34.6 Å². The molecular weight excluding hydrogens is 268 g/mol. The van der Waals surface area contributed by atoms with Crippen LogP contribution in [0.25, 0.3) is 0 Å². The smallest absolute Gasteiger partial charge is 0.294 e. The van der Waals surface area contributed by atoms with Crippen LogP contribution < -0.4 is 0 Å². The summed E-state index contributed by atoms with van der Waals surface area (Å²) >= 11 is 0. The minimum Gasteiger partial charge on any atom is -0.379 e. The van der Waals surface area contributed by atoms with Gasteiger partial charge >= 0.3 is 0 Å². The van der Waals surface area contributed by atoms with Gasteiger partial charge in [0.1, 0.15) is 13.2 Å². The largest absolute Gasteiger partial charge is 0.379 e. The molecule has 0 unspecified atom stereocenters. The molecule has 0 atom stereocenters. The molecule has 0 spiro atoms. The van der Waals surface area contributed by atoms with Crippen molar-refractivity contribution in [1.29, 1.82) is 0 Å². The molecule has 0 fully saturated rings. The number of rotatable bonds is 8. The Balaban J connectivity index is 0. The second-order valence-corrected chi connectivity index (χ2v) is 2.07. The highest BCUT2D eigenvalue weighted by molar-refractivity contribution is 4.49. The maximum atomic E-state index is 9.83. The molecular formula is C3H6N4O11. The van der Waals surface area contributed by atoms with Crippen LogP contribution in [0.4, 0.5) is 0 Å². The molecule has 0 aliphatic carbocycles. The van der Waals surface area contributed by atoms with Crippen LogP contribution in [0, 0.1) is 35.3 Å². The Labute approximate surface area is 96.1 Å². The molecule has 0 bridgehead atoms. The fraction of sp³-hybridized carbons (Fsp3) is 1.00. The minimum absolute atomic E-state index is 0.845. The molecule has 104 valence electrons. The Morgan fingerprint density at radius 1 is 1.00 bits per heavy atom. The zero-order valence-corrected chi connectivity index (χ0v) is 8.31. The van der Waals surface area contributed by atoms with E-state index in [-0.39, 0.29) is 0 Å². The molecule has 0 saturated heterocycles. The summed E-state index contributed by atoms with van der Waals surface area (Å²) in [5, 5.41) is 33.4. The highest BCUT2D eigenvalue weighted by Crippen LogP contribution is 1.96. The second-order valence-electron chi connectivity index (χ2n) is 2.07. The molecule has 0 amide bonds. The monoisotopic (exact) mass is 274 g/mol. The van der Waals surface area contributed by atoms with Crippen LogP contribution in [0.15, 0.2) is 5.34 Å². The zero-order chi connectivity index (χ0) is 14.6. The van der Waals surface area contributed by atoms with Crippen LogP contribution in [0.5, 0.6) is 0 Å². The highest BCUT2D eigenvalue weighted by atomic mass is 17.0.